The van der Waals surface area contributed by atoms with Crippen molar-refractivity contribution in [2.45, 2.75) is 13.5 Å². The van der Waals surface area contributed by atoms with Crippen molar-refractivity contribution in [2.24, 2.45) is 5.84 Å². The number of pyridine rings is 2. The van der Waals surface area contributed by atoms with Crippen LogP contribution in [0, 0.1) is 6.92 Å². The molecule has 0 bridgehead atoms. The van der Waals surface area contributed by atoms with Gasteiger partial charge < -0.3 is 10.7 Å². The lowest BCUT2D eigenvalue weighted by Gasteiger charge is -2.08. The van der Waals surface area contributed by atoms with Crippen molar-refractivity contribution in [3.05, 3.63) is 52.4 Å². The average Bonchev–Trinajstić information content (AvgIpc) is 2.45. The summed E-state index contributed by atoms with van der Waals surface area (Å²) in [5.74, 6) is 5.34. The van der Waals surface area contributed by atoms with Crippen molar-refractivity contribution in [1.29, 1.82) is 0 Å². The zero-order valence-electron chi connectivity index (χ0n) is 10.9. The van der Waals surface area contributed by atoms with Crippen LogP contribution in [0.3, 0.4) is 0 Å². The summed E-state index contributed by atoms with van der Waals surface area (Å²) in [5, 5.41) is 3.00. The van der Waals surface area contributed by atoms with Crippen molar-refractivity contribution in [2.75, 3.05) is 5.43 Å². The van der Waals surface area contributed by atoms with Gasteiger partial charge in [-0.1, -0.05) is 11.6 Å². The third kappa shape index (κ3) is 3.43. The van der Waals surface area contributed by atoms with E-state index < -0.39 is 0 Å². The van der Waals surface area contributed by atoms with Gasteiger partial charge in [-0.2, -0.15) is 0 Å². The number of nitrogens with two attached hydrogens (primary N) is 1. The maximum absolute atomic E-state index is 12.1. The summed E-state index contributed by atoms with van der Waals surface area (Å²) in [5.41, 5.74) is 4.77. The van der Waals surface area contributed by atoms with Crippen LogP contribution in [0.2, 0.25) is 5.15 Å². The minimum atomic E-state index is -0.256. The van der Waals surface area contributed by atoms with Crippen LogP contribution in [-0.2, 0) is 6.54 Å². The molecule has 0 saturated carbocycles. The number of aryl methyl sites for hydroxylation is 1. The molecule has 0 unspecified atom stereocenters. The Morgan fingerprint density at radius 3 is 2.95 bits per heavy atom. The smallest absolute Gasteiger partial charge is 0.251 e. The number of hydrogen-bond acceptors (Lipinski definition) is 5. The maximum atomic E-state index is 12.1. The van der Waals surface area contributed by atoms with E-state index in [-0.39, 0.29) is 11.1 Å². The molecular formula is C13H14ClN5O. The topological polar surface area (TPSA) is 92.9 Å². The van der Waals surface area contributed by atoms with Gasteiger partial charge in [-0.15, -0.1) is 0 Å². The molecule has 0 aromatic carbocycles. The molecule has 0 spiro atoms. The first-order chi connectivity index (χ1) is 9.60. The van der Waals surface area contributed by atoms with Crippen LogP contribution < -0.4 is 16.6 Å². The SMILES string of the molecule is Cc1ccncc1CNC(=O)c1cc(Cl)nc(NN)c1. The first kappa shape index (κ1) is 14.2. The van der Waals surface area contributed by atoms with E-state index in [1.54, 1.807) is 12.4 Å². The second-order valence-corrected chi connectivity index (χ2v) is 4.58. The van der Waals surface area contributed by atoms with Gasteiger partial charge in [-0.3, -0.25) is 9.78 Å². The summed E-state index contributed by atoms with van der Waals surface area (Å²) in [6.07, 6.45) is 3.44. The number of aromatic nitrogens is 2. The van der Waals surface area contributed by atoms with Crippen LogP contribution in [0.1, 0.15) is 21.5 Å². The quantitative estimate of drug-likeness (QED) is 0.452. The summed E-state index contributed by atoms with van der Waals surface area (Å²) in [6.45, 7) is 2.35. The summed E-state index contributed by atoms with van der Waals surface area (Å²) >= 11 is 5.82. The largest absolute Gasteiger partial charge is 0.348 e. The molecule has 0 saturated heterocycles. The molecule has 2 aromatic heterocycles. The van der Waals surface area contributed by atoms with E-state index in [4.69, 9.17) is 17.4 Å². The average molecular weight is 292 g/mol. The Bertz CT molecular complexity index is 632. The Morgan fingerprint density at radius 2 is 2.25 bits per heavy atom. The Morgan fingerprint density at radius 1 is 1.45 bits per heavy atom. The molecule has 7 heteroatoms. The molecule has 2 aromatic rings. The monoisotopic (exact) mass is 291 g/mol. The number of hydrogen-bond donors (Lipinski definition) is 3. The Kier molecular flexibility index (Phi) is 4.49. The first-order valence-electron chi connectivity index (χ1n) is 5.92. The van der Waals surface area contributed by atoms with Crippen LogP contribution in [-0.4, -0.2) is 15.9 Å². The molecule has 104 valence electrons. The van der Waals surface area contributed by atoms with E-state index in [1.807, 2.05) is 13.0 Å². The predicted molar refractivity (Wildman–Crippen MR) is 77.2 cm³/mol. The van der Waals surface area contributed by atoms with Crippen molar-refractivity contribution in [3.63, 3.8) is 0 Å². The highest BCUT2D eigenvalue weighted by atomic mass is 35.5. The number of rotatable bonds is 4. The summed E-state index contributed by atoms with van der Waals surface area (Å²) in [6, 6.07) is 4.90. The van der Waals surface area contributed by atoms with Crippen molar-refractivity contribution >= 4 is 23.3 Å². The predicted octanol–water partition coefficient (Wildman–Crippen LogP) is 1.65. The van der Waals surface area contributed by atoms with Gasteiger partial charge in [-0.25, -0.2) is 10.8 Å². The zero-order valence-corrected chi connectivity index (χ0v) is 11.6. The number of nitrogens with one attached hydrogen (secondary N) is 2. The number of nitrogens with zero attached hydrogens (tertiary/aromatic N) is 2. The Hall–Kier alpha value is -2.18. The van der Waals surface area contributed by atoms with Crippen molar-refractivity contribution in [1.82, 2.24) is 15.3 Å². The van der Waals surface area contributed by atoms with Gasteiger partial charge in [0.15, 0.2) is 0 Å². The number of carbonyl (C=O) groups excluding carboxylic acids is 1. The summed E-state index contributed by atoms with van der Waals surface area (Å²) in [4.78, 5) is 20.0. The minimum absolute atomic E-state index is 0.197. The van der Waals surface area contributed by atoms with Gasteiger partial charge in [0, 0.05) is 24.5 Å². The fourth-order valence-electron chi connectivity index (χ4n) is 1.66. The lowest BCUT2D eigenvalue weighted by Crippen LogP contribution is -2.23. The molecule has 2 rings (SSSR count). The molecule has 0 fully saturated rings. The van der Waals surface area contributed by atoms with Gasteiger partial charge in [-0.05, 0) is 36.2 Å². The molecule has 0 radical (unpaired) electrons. The summed E-state index contributed by atoms with van der Waals surface area (Å²) in [7, 11) is 0. The van der Waals surface area contributed by atoms with Gasteiger partial charge in [0.25, 0.3) is 5.91 Å². The Balaban J connectivity index is 2.09. The fourth-order valence-corrected chi connectivity index (χ4v) is 1.87. The van der Waals surface area contributed by atoms with Crippen LogP contribution in [0.25, 0.3) is 0 Å². The number of carbonyl (C=O) groups is 1. The standard InChI is InChI=1S/C13H14ClN5O/c1-8-2-3-16-6-10(8)7-17-13(20)9-4-11(14)18-12(5-9)19-15/h2-6H,7,15H2,1H3,(H,17,20)(H,18,19). The number of amides is 1. The number of halogens is 1. The molecular weight excluding hydrogens is 278 g/mol. The number of nitrogen functional groups attached to an aromatic ring is 1. The molecule has 0 aliphatic carbocycles. The maximum Gasteiger partial charge on any atom is 0.251 e. The first-order valence-corrected chi connectivity index (χ1v) is 6.30. The van der Waals surface area contributed by atoms with Crippen LogP contribution in [0.15, 0.2) is 30.6 Å². The molecule has 2 heterocycles. The van der Waals surface area contributed by atoms with Gasteiger partial charge in [0.1, 0.15) is 11.0 Å². The van der Waals surface area contributed by atoms with E-state index in [2.05, 4.69) is 20.7 Å². The second-order valence-electron chi connectivity index (χ2n) is 4.19. The number of hydrazine groups is 1. The number of anilines is 1. The van der Waals surface area contributed by atoms with Crippen LogP contribution >= 0.6 is 11.6 Å². The molecule has 4 N–H and O–H groups in total. The third-order valence-corrected chi connectivity index (χ3v) is 2.98. The zero-order chi connectivity index (χ0) is 14.5. The van der Waals surface area contributed by atoms with E-state index in [0.29, 0.717) is 17.9 Å². The molecule has 1 amide bonds. The van der Waals surface area contributed by atoms with Gasteiger partial charge in [0.2, 0.25) is 0 Å². The lowest BCUT2D eigenvalue weighted by molar-refractivity contribution is 0.0951. The van der Waals surface area contributed by atoms with E-state index in [1.165, 1.54) is 12.1 Å². The molecule has 20 heavy (non-hydrogen) atoms. The second kappa shape index (κ2) is 6.31. The van der Waals surface area contributed by atoms with Crippen molar-refractivity contribution < 1.29 is 4.79 Å². The van der Waals surface area contributed by atoms with Crippen LogP contribution in [0.5, 0.6) is 0 Å². The van der Waals surface area contributed by atoms with E-state index in [9.17, 15) is 4.79 Å². The molecule has 0 atom stereocenters. The normalized spacial score (nSPS) is 10.2. The third-order valence-electron chi connectivity index (χ3n) is 2.79. The lowest BCUT2D eigenvalue weighted by atomic mass is 10.1. The molecule has 0 aliphatic rings. The van der Waals surface area contributed by atoms with Crippen LogP contribution in [0.4, 0.5) is 5.82 Å². The molecule has 6 nitrogen and oxygen atoms in total. The molecule has 0 aliphatic heterocycles. The highest BCUT2D eigenvalue weighted by molar-refractivity contribution is 6.29. The highest BCUT2D eigenvalue weighted by Gasteiger charge is 2.09. The van der Waals surface area contributed by atoms with E-state index >= 15 is 0 Å². The summed E-state index contributed by atoms with van der Waals surface area (Å²) < 4.78 is 0. The van der Waals surface area contributed by atoms with Gasteiger partial charge >= 0.3 is 0 Å². The Labute approximate surface area is 121 Å². The van der Waals surface area contributed by atoms with Gasteiger partial charge in [0.05, 0.1) is 0 Å². The highest BCUT2D eigenvalue weighted by Crippen LogP contribution is 2.14. The fraction of sp³-hybridized carbons (Fsp3) is 0.154. The van der Waals surface area contributed by atoms with E-state index in [0.717, 1.165) is 11.1 Å². The van der Waals surface area contributed by atoms with Crippen molar-refractivity contribution in [3.8, 4) is 0 Å². The minimum Gasteiger partial charge on any atom is -0.348 e.